The summed E-state index contributed by atoms with van der Waals surface area (Å²) in [4.78, 5) is 11.1. The van der Waals surface area contributed by atoms with Gasteiger partial charge in [0, 0.05) is 0 Å². The molecule has 0 radical (unpaired) electrons. The van der Waals surface area contributed by atoms with Crippen molar-refractivity contribution in [3.8, 4) is 0 Å². The maximum Gasteiger partial charge on any atom is 0.416 e. The minimum atomic E-state index is -4.43. The van der Waals surface area contributed by atoms with Gasteiger partial charge in [0.25, 0.3) is 0 Å². The van der Waals surface area contributed by atoms with E-state index in [2.05, 4.69) is 6.58 Å². The zero-order valence-corrected chi connectivity index (χ0v) is 9.55. The van der Waals surface area contributed by atoms with Crippen LogP contribution in [0.15, 0.2) is 36.9 Å². The molecule has 1 rings (SSSR count). The van der Waals surface area contributed by atoms with Crippen LogP contribution >= 0.6 is 11.6 Å². The molecule has 0 heterocycles. The predicted octanol–water partition coefficient (Wildman–Crippen LogP) is 4.13. The number of hydrogen-bond donors (Lipinski definition) is 0. The van der Waals surface area contributed by atoms with Crippen LogP contribution in [0.25, 0.3) is 0 Å². The molecule has 92 valence electrons. The molecule has 1 nitrogen and oxygen atoms in total. The van der Waals surface area contributed by atoms with Crippen LogP contribution < -0.4 is 0 Å². The van der Waals surface area contributed by atoms with Crippen molar-refractivity contribution in [1.82, 2.24) is 0 Å². The Bertz CT molecular complexity index is 426. The number of carbonyl (C=O) groups is 1. The van der Waals surface area contributed by atoms with E-state index >= 15 is 0 Å². The molecule has 1 unspecified atom stereocenters. The highest BCUT2D eigenvalue weighted by molar-refractivity contribution is 6.64. The number of carbonyl (C=O) groups excluding carboxylic acids is 1. The molecule has 0 fully saturated rings. The first kappa shape index (κ1) is 13.8. The standard InChI is InChI=1S/C12H10ClF3O/c1-2-4-10(11(13)17)8-5-3-6-9(7-8)12(14,15)16/h2-3,5-7,10H,1,4H2. The fraction of sp³-hybridized carbons (Fsp3) is 0.250. The quantitative estimate of drug-likeness (QED) is 0.589. The van der Waals surface area contributed by atoms with Crippen LogP contribution in [0.1, 0.15) is 23.5 Å². The number of rotatable bonds is 4. The predicted molar refractivity (Wildman–Crippen MR) is 59.9 cm³/mol. The Morgan fingerprint density at radius 2 is 2.12 bits per heavy atom. The van der Waals surface area contributed by atoms with E-state index in [0.29, 0.717) is 0 Å². The van der Waals surface area contributed by atoms with E-state index in [1.54, 1.807) is 0 Å². The van der Waals surface area contributed by atoms with E-state index in [1.807, 2.05) is 0 Å². The summed E-state index contributed by atoms with van der Waals surface area (Å²) < 4.78 is 37.4. The van der Waals surface area contributed by atoms with Gasteiger partial charge >= 0.3 is 6.18 Å². The van der Waals surface area contributed by atoms with Gasteiger partial charge in [0.2, 0.25) is 5.24 Å². The van der Waals surface area contributed by atoms with Gasteiger partial charge in [0.05, 0.1) is 11.5 Å². The smallest absolute Gasteiger partial charge is 0.281 e. The summed E-state index contributed by atoms with van der Waals surface area (Å²) in [5.41, 5.74) is -0.540. The lowest BCUT2D eigenvalue weighted by Crippen LogP contribution is -2.09. The Hall–Kier alpha value is -1.29. The van der Waals surface area contributed by atoms with Crippen molar-refractivity contribution in [3.63, 3.8) is 0 Å². The van der Waals surface area contributed by atoms with E-state index in [1.165, 1.54) is 18.2 Å². The second-order valence-corrected chi connectivity index (χ2v) is 3.88. The van der Waals surface area contributed by atoms with Gasteiger partial charge < -0.3 is 0 Å². The van der Waals surface area contributed by atoms with Crippen LogP contribution in [-0.4, -0.2) is 5.24 Å². The number of alkyl halides is 3. The van der Waals surface area contributed by atoms with Gasteiger partial charge in [-0.25, -0.2) is 0 Å². The van der Waals surface area contributed by atoms with E-state index in [0.717, 1.165) is 12.1 Å². The maximum atomic E-state index is 12.5. The molecule has 0 N–H and O–H groups in total. The zero-order valence-electron chi connectivity index (χ0n) is 8.80. The molecule has 0 bridgehead atoms. The first-order valence-corrected chi connectivity index (χ1v) is 5.21. The third kappa shape index (κ3) is 3.60. The Morgan fingerprint density at radius 1 is 1.47 bits per heavy atom. The molecule has 0 aromatic heterocycles. The number of benzene rings is 1. The lowest BCUT2D eigenvalue weighted by atomic mass is 9.95. The highest BCUT2D eigenvalue weighted by Crippen LogP contribution is 2.32. The SMILES string of the molecule is C=CCC(C(=O)Cl)c1cccc(C(F)(F)F)c1. The van der Waals surface area contributed by atoms with Gasteiger partial charge in [0.1, 0.15) is 0 Å². The molecule has 0 aliphatic rings. The summed E-state index contributed by atoms with van der Waals surface area (Å²) >= 11 is 5.36. The van der Waals surface area contributed by atoms with Crippen molar-refractivity contribution in [2.24, 2.45) is 0 Å². The van der Waals surface area contributed by atoms with Crippen molar-refractivity contribution in [2.75, 3.05) is 0 Å². The number of hydrogen-bond acceptors (Lipinski definition) is 1. The Labute approximate surface area is 102 Å². The molecule has 0 spiro atoms. The molecule has 0 saturated carbocycles. The maximum absolute atomic E-state index is 12.5. The molecule has 0 aliphatic carbocycles. The first-order valence-electron chi connectivity index (χ1n) is 4.83. The Balaban J connectivity index is 3.13. The lowest BCUT2D eigenvalue weighted by Gasteiger charge is -2.13. The summed E-state index contributed by atoms with van der Waals surface area (Å²) in [6.07, 6.45) is -2.76. The summed E-state index contributed by atoms with van der Waals surface area (Å²) in [6, 6.07) is 4.60. The number of halogens is 4. The van der Waals surface area contributed by atoms with Crippen LogP contribution in [-0.2, 0) is 11.0 Å². The van der Waals surface area contributed by atoms with Gasteiger partial charge in [-0.1, -0.05) is 24.3 Å². The highest BCUT2D eigenvalue weighted by atomic mass is 35.5. The minimum Gasteiger partial charge on any atom is -0.281 e. The average Bonchev–Trinajstić information content (AvgIpc) is 2.24. The summed E-state index contributed by atoms with van der Waals surface area (Å²) in [5.74, 6) is -0.781. The minimum absolute atomic E-state index is 0.212. The van der Waals surface area contributed by atoms with E-state index in [4.69, 9.17) is 11.6 Å². The second-order valence-electron chi connectivity index (χ2n) is 3.50. The van der Waals surface area contributed by atoms with Crippen LogP contribution in [0.5, 0.6) is 0 Å². The van der Waals surface area contributed by atoms with Gasteiger partial charge in [-0.2, -0.15) is 13.2 Å². The molecule has 1 aromatic carbocycles. The van der Waals surface area contributed by atoms with Crippen molar-refractivity contribution in [2.45, 2.75) is 18.5 Å². The topological polar surface area (TPSA) is 17.1 Å². The van der Waals surface area contributed by atoms with Crippen molar-refractivity contribution in [3.05, 3.63) is 48.0 Å². The fourth-order valence-corrected chi connectivity index (χ4v) is 1.67. The monoisotopic (exact) mass is 262 g/mol. The second kappa shape index (κ2) is 5.36. The molecule has 5 heteroatoms. The van der Waals surface area contributed by atoms with Gasteiger partial charge in [-0.3, -0.25) is 4.79 Å². The summed E-state index contributed by atoms with van der Waals surface area (Å²) in [6.45, 7) is 3.45. The average molecular weight is 263 g/mol. The van der Waals surface area contributed by atoms with Gasteiger partial charge in [-0.05, 0) is 29.7 Å². The zero-order chi connectivity index (χ0) is 13.1. The largest absolute Gasteiger partial charge is 0.416 e. The molecule has 1 aromatic rings. The Morgan fingerprint density at radius 3 is 2.59 bits per heavy atom. The van der Waals surface area contributed by atoms with E-state index in [9.17, 15) is 18.0 Å². The molecule has 17 heavy (non-hydrogen) atoms. The first-order chi connectivity index (χ1) is 7.86. The third-order valence-corrected chi connectivity index (χ3v) is 2.56. The molecular weight excluding hydrogens is 253 g/mol. The molecule has 0 saturated heterocycles. The van der Waals surface area contributed by atoms with Crippen molar-refractivity contribution >= 4 is 16.8 Å². The van der Waals surface area contributed by atoms with Crippen LogP contribution in [0.3, 0.4) is 0 Å². The molecule has 0 aliphatic heterocycles. The summed E-state index contributed by atoms with van der Waals surface area (Å²) in [5, 5.41) is -0.691. The van der Waals surface area contributed by atoms with Crippen LogP contribution in [0.4, 0.5) is 13.2 Å². The van der Waals surface area contributed by atoms with E-state index < -0.39 is 22.9 Å². The molecule has 0 amide bonds. The van der Waals surface area contributed by atoms with Gasteiger partial charge in [-0.15, -0.1) is 6.58 Å². The number of allylic oxidation sites excluding steroid dienone is 1. The summed E-state index contributed by atoms with van der Waals surface area (Å²) in [7, 11) is 0. The van der Waals surface area contributed by atoms with Crippen LogP contribution in [0, 0.1) is 0 Å². The lowest BCUT2D eigenvalue weighted by molar-refractivity contribution is -0.137. The van der Waals surface area contributed by atoms with Gasteiger partial charge in [0.15, 0.2) is 0 Å². The Kier molecular flexibility index (Phi) is 4.34. The van der Waals surface area contributed by atoms with Crippen LogP contribution in [0.2, 0.25) is 0 Å². The fourth-order valence-electron chi connectivity index (χ4n) is 1.46. The van der Waals surface area contributed by atoms with E-state index in [-0.39, 0.29) is 12.0 Å². The van der Waals surface area contributed by atoms with Crippen molar-refractivity contribution in [1.29, 1.82) is 0 Å². The highest BCUT2D eigenvalue weighted by Gasteiger charge is 2.31. The third-order valence-electron chi connectivity index (χ3n) is 2.29. The van der Waals surface area contributed by atoms with Crippen molar-refractivity contribution < 1.29 is 18.0 Å². The molecular formula is C12H10ClF3O. The molecule has 1 atom stereocenters. The normalized spacial score (nSPS) is 13.2.